The molecular weight excluding hydrogens is 356 g/mol. The second-order valence-corrected chi connectivity index (χ2v) is 12.4. The number of hydrogen-bond acceptors (Lipinski definition) is 0. The van der Waals surface area contributed by atoms with E-state index in [4.69, 9.17) is 0 Å². The minimum absolute atomic E-state index is 0.733. The minimum atomic E-state index is -0.733. The van der Waals surface area contributed by atoms with E-state index in [-0.39, 0.29) is 0 Å². The summed E-state index contributed by atoms with van der Waals surface area (Å²) >= 11 is 0. The van der Waals surface area contributed by atoms with Gasteiger partial charge in [0, 0.05) is 0 Å². The van der Waals surface area contributed by atoms with Gasteiger partial charge in [-0.3, -0.25) is 0 Å². The molecule has 0 bridgehead atoms. The molecule has 0 aliphatic carbocycles. The van der Waals surface area contributed by atoms with Gasteiger partial charge in [0.2, 0.25) is 0 Å². The van der Waals surface area contributed by atoms with Crippen LogP contribution in [0.1, 0.15) is 34.2 Å². The summed E-state index contributed by atoms with van der Waals surface area (Å²) in [5.74, 6) is 1.25. The molecule has 148 valence electrons. The Morgan fingerprint density at radius 1 is 0.536 bits per heavy atom. The molecule has 0 atom stereocenters. The Balaban J connectivity index is 1.48. The van der Waals surface area contributed by atoms with Crippen molar-refractivity contribution >= 4 is 10.0 Å². The Hall–Kier alpha value is -1.99. The lowest BCUT2D eigenvalue weighted by molar-refractivity contribution is 0.820. The van der Waals surface area contributed by atoms with Gasteiger partial charge in [0.1, 0.15) is 0 Å². The van der Waals surface area contributed by atoms with Crippen LogP contribution in [0.4, 0.5) is 0 Å². The van der Waals surface area contributed by atoms with Crippen LogP contribution >= 0.6 is 10.0 Å². The normalized spacial score (nSPS) is 12.1. The third-order valence-electron chi connectivity index (χ3n) is 5.63. The zero-order chi connectivity index (χ0) is 20.0. The highest BCUT2D eigenvalue weighted by Crippen LogP contribution is 2.49. The van der Waals surface area contributed by atoms with Crippen molar-refractivity contribution in [2.75, 3.05) is 18.3 Å². The second kappa shape index (κ2) is 9.47. The summed E-state index contributed by atoms with van der Waals surface area (Å²) in [7, 11) is -0.733. The SMILES string of the molecule is Cc1ccc(CCCc2ccc(CCS(C)(C)c3ccc(C)cc3)cc2)cc1. The van der Waals surface area contributed by atoms with Crippen molar-refractivity contribution in [2.45, 2.75) is 44.4 Å². The summed E-state index contributed by atoms with van der Waals surface area (Å²) in [5.41, 5.74) is 7.06. The summed E-state index contributed by atoms with van der Waals surface area (Å²) in [6.45, 7) is 4.31. The van der Waals surface area contributed by atoms with E-state index in [1.165, 1.54) is 51.3 Å². The first-order valence-electron chi connectivity index (χ1n) is 10.3. The highest BCUT2D eigenvalue weighted by atomic mass is 32.3. The summed E-state index contributed by atoms with van der Waals surface area (Å²) in [5, 5.41) is 0. The molecule has 0 saturated heterocycles. The van der Waals surface area contributed by atoms with E-state index in [9.17, 15) is 0 Å². The first-order valence-corrected chi connectivity index (χ1v) is 13.0. The van der Waals surface area contributed by atoms with Crippen LogP contribution in [0, 0.1) is 13.8 Å². The van der Waals surface area contributed by atoms with Crippen LogP contribution in [0.5, 0.6) is 0 Å². The van der Waals surface area contributed by atoms with Crippen molar-refractivity contribution in [2.24, 2.45) is 0 Å². The van der Waals surface area contributed by atoms with E-state index >= 15 is 0 Å². The molecule has 0 nitrogen and oxygen atoms in total. The Morgan fingerprint density at radius 2 is 0.929 bits per heavy atom. The largest absolute Gasteiger partial charge is 0.220 e. The average Bonchev–Trinajstić information content (AvgIpc) is 2.69. The van der Waals surface area contributed by atoms with Crippen molar-refractivity contribution in [3.8, 4) is 0 Å². The van der Waals surface area contributed by atoms with Crippen LogP contribution in [-0.4, -0.2) is 18.3 Å². The quantitative estimate of drug-likeness (QED) is 0.383. The molecule has 0 amide bonds. The molecule has 0 heterocycles. The van der Waals surface area contributed by atoms with Gasteiger partial charge in [-0.1, -0.05) is 71.8 Å². The molecule has 0 aliphatic rings. The summed E-state index contributed by atoms with van der Waals surface area (Å²) in [4.78, 5) is 1.52. The highest BCUT2D eigenvalue weighted by Gasteiger charge is 2.14. The molecule has 28 heavy (non-hydrogen) atoms. The van der Waals surface area contributed by atoms with Gasteiger partial charge in [-0.05, 0) is 91.5 Å². The molecule has 0 fully saturated rings. The standard InChI is InChI=1S/C27H34S/c1-22-8-12-24(13-9-22)6-5-7-25-14-16-26(17-15-25)20-21-28(3,4)27-18-10-23(2)11-19-27/h8-19H,5-7,20-21H2,1-4H3. The van der Waals surface area contributed by atoms with E-state index < -0.39 is 10.0 Å². The third-order valence-corrected chi connectivity index (χ3v) is 8.41. The summed E-state index contributed by atoms with van der Waals surface area (Å²) in [6.07, 6.45) is 9.59. The molecule has 0 unspecified atom stereocenters. The summed E-state index contributed by atoms with van der Waals surface area (Å²) in [6, 6.07) is 27.4. The number of hydrogen-bond donors (Lipinski definition) is 0. The van der Waals surface area contributed by atoms with Gasteiger partial charge in [-0.25, -0.2) is 10.0 Å². The fourth-order valence-corrected chi connectivity index (χ4v) is 5.38. The second-order valence-electron chi connectivity index (χ2n) is 8.46. The van der Waals surface area contributed by atoms with Gasteiger partial charge in [0.15, 0.2) is 0 Å². The number of benzene rings is 3. The van der Waals surface area contributed by atoms with E-state index in [0.717, 1.165) is 12.8 Å². The topological polar surface area (TPSA) is 0 Å². The first-order chi connectivity index (χ1) is 13.4. The predicted molar refractivity (Wildman–Crippen MR) is 127 cm³/mol. The van der Waals surface area contributed by atoms with Gasteiger partial charge < -0.3 is 0 Å². The fourth-order valence-electron chi connectivity index (χ4n) is 3.52. The average molecular weight is 391 g/mol. The van der Waals surface area contributed by atoms with E-state index in [1.807, 2.05) is 0 Å². The van der Waals surface area contributed by atoms with Crippen molar-refractivity contribution < 1.29 is 0 Å². The van der Waals surface area contributed by atoms with Crippen LogP contribution < -0.4 is 0 Å². The maximum Gasteiger partial charge on any atom is -0.0104 e. The molecule has 1 heteroatoms. The van der Waals surface area contributed by atoms with Gasteiger partial charge in [-0.15, -0.1) is 0 Å². The number of rotatable bonds is 8. The Morgan fingerprint density at radius 3 is 1.43 bits per heavy atom. The van der Waals surface area contributed by atoms with Crippen LogP contribution in [0.15, 0.2) is 77.7 Å². The first kappa shape index (κ1) is 20.7. The molecular formula is C27H34S. The molecule has 3 aromatic carbocycles. The summed E-state index contributed by atoms with van der Waals surface area (Å²) < 4.78 is 0. The zero-order valence-corrected chi connectivity index (χ0v) is 18.7. The Bertz CT molecular complexity index is 856. The van der Waals surface area contributed by atoms with E-state index in [2.05, 4.69) is 99.2 Å². The van der Waals surface area contributed by atoms with Crippen LogP contribution in [-0.2, 0) is 19.3 Å². The fraction of sp³-hybridized carbons (Fsp3) is 0.333. The van der Waals surface area contributed by atoms with Crippen molar-refractivity contribution in [3.63, 3.8) is 0 Å². The lowest BCUT2D eigenvalue weighted by atomic mass is 10.0. The molecule has 0 radical (unpaired) electrons. The molecule has 0 aromatic heterocycles. The lowest BCUT2D eigenvalue weighted by Crippen LogP contribution is -2.05. The van der Waals surface area contributed by atoms with Gasteiger partial charge in [0.25, 0.3) is 0 Å². The monoisotopic (exact) mass is 390 g/mol. The number of aryl methyl sites for hydroxylation is 5. The van der Waals surface area contributed by atoms with Crippen molar-refractivity contribution in [1.82, 2.24) is 0 Å². The maximum atomic E-state index is 2.44. The van der Waals surface area contributed by atoms with Crippen LogP contribution in [0.3, 0.4) is 0 Å². The van der Waals surface area contributed by atoms with E-state index in [1.54, 1.807) is 0 Å². The van der Waals surface area contributed by atoms with Crippen LogP contribution in [0.2, 0.25) is 0 Å². The Kier molecular flexibility index (Phi) is 7.02. The highest BCUT2D eigenvalue weighted by molar-refractivity contribution is 8.32. The zero-order valence-electron chi connectivity index (χ0n) is 17.9. The van der Waals surface area contributed by atoms with Crippen LogP contribution in [0.25, 0.3) is 0 Å². The van der Waals surface area contributed by atoms with Gasteiger partial charge >= 0.3 is 0 Å². The molecule has 0 spiro atoms. The van der Waals surface area contributed by atoms with Gasteiger partial charge in [0.05, 0.1) is 0 Å². The van der Waals surface area contributed by atoms with Crippen molar-refractivity contribution in [3.05, 3.63) is 101 Å². The van der Waals surface area contributed by atoms with Crippen molar-refractivity contribution in [1.29, 1.82) is 0 Å². The molecule has 3 aromatic rings. The molecule has 0 saturated carbocycles. The molecule has 0 N–H and O–H groups in total. The smallest absolute Gasteiger partial charge is 0.0104 e. The molecule has 0 aliphatic heterocycles. The Labute approximate surface area is 173 Å². The third kappa shape index (κ3) is 6.01. The lowest BCUT2D eigenvalue weighted by Gasteiger charge is -2.32. The van der Waals surface area contributed by atoms with Gasteiger partial charge in [-0.2, -0.15) is 0 Å². The minimum Gasteiger partial charge on any atom is -0.220 e. The molecule has 3 rings (SSSR count). The maximum absolute atomic E-state index is 2.44. The van der Waals surface area contributed by atoms with E-state index in [0.29, 0.717) is 0 Å². The predicted octanol–water partition coefficient (Wildman–Crippen LogP) is 7.14.